The van der Waals surface area contributed by atoms with Gasteiger partial charge in [-0.25, -0.2) is 13.2 Å². The van der Waals surface area contributed by atoms with Gasteiger partial charge in [0.25, 0.3) is 11.8 Å². The molecule has 2 aliphatic heterocycles. The maximum Gasteiger partial charge on any atom is 0.278 e. The minimum Gasteiger partial charge on any atom is -0.502 e. The lowest BCUT2D eigenvalue weighted by Gasteiger charge is -2.50. The van der Waals surface area contributed by atoms with E-state index in [1.54, 1.807) is 11.8 Å². The van der Waals surface area contributed by atoms with Gasteiger partial charge in [-0.3, -0.25) is 24.1 Å². The van der Waals surface area contributed by atoms with Crippen molar-refractivity contribution in [2.24, 2.45) is 5.92 Å². The highest BCUT2D eigenvalue weighted by Crippen LogP contribution is 2.31. The lowest BCUT2D eigenvalue weighted by atomic mass is 9.95. The lowest BCUT2D eigenvalue weighted by molar-refractivity contribution is 0.0496. The standard InChI is InChI=1S/C22H23F3N4O4/c1-3-27-17-6-11(2)4-5-28(17)29-10-14(19(30)20(31)18(29)22(27)33)21(32)26-9-13-15(24)7-12(23)8-16(13)25/h7-8,10-11,17,31H,3-6,9H2,1-2H3,(H,26,32)/t11-,17+/m1/s1. The van der Waals surface area contributed by atoms with E-state index in [9.17, 15) is 32.7 Å². The number of aromatic nitrogens is 1. The van der Waals surface area contributed by atoms with Crippen LogP contribution in [0.25, 0.3) is 0 Å². The Morgan fingerprint density at radius 2 is 1.88 bits per heavy atom. The summed E-state index contributed by atoms with van der Waals surface area (Å²) >= 11 is 0. The van der Waals surface area contributed by atoms with Gasteiger partial charge < -0.3 is 15.3 Å². The molecule has 1 saturated heterocycles. The second kappa shape index (κ2) is 8.45. The normalized spacial score (nSPS) is 19.8. The predicted molar refractivity (Wildman–Crippen MR) is 112 cm³/mol. The topological polar surface area (TPSA) is 94.9 Å². The molecule has 176 valence electrons. The van der Waals surface area contributed by atoms with Gasteiger partial charge in [-0.15, -0.1) is 0 Å². The maximum atomic E-state index is 13.9. The van der Waals surface area contributed by atoms with E-state index in [-0.39, 0.29) is 11.9 Å². The van der Waals surface area contributed by atoms with E-state index in [0.29, 0.717) is 37.6 Å². The Hall–Kier alpha value is -3.50. The summed E-state index contributed by atoms with van der Waals surface area (Å²) in [6.45, 7) is 4.12. The SMILES string of the molecule is CCN1C(=O)c2c(O)c(=O)c(C(=O)NCc3c(F)cc(F)cc3F)cn2N2CC[C@@H](C)C[C@@H]12. The molecule has 4 rings (SSSR count). The molecule has 2 N–H and O–H groups in total. The smallest absolute Gasteiger partial charge is 0.278 e. The van der Waals surface area contributed by atoms with Gasteiger partial charge in [-0.05, 0) is 25.7 Å². The van der Waals surface area contributed by atoms with Crippen LogP contribution in [0.3, 0.4) is 0 Å². The van der Waals surface area contributed by atoms with Crippen LogP contribution in [0.15, 0.2) is 23.1 Å². The van der Waals surface area contributed by atoms with Crippen molar-refractivity contribution in [1.82, 2.24) is 14.9 Å². The number of piperidine rings is 1. The summed E-state index contributed by atoms with van der Waals surface area (Å²) in [5.41, 5.74) is -2.38. The molecule has 0 radical (unpaired) electrons. The number of aromatic hydroxyl groups is 1. The monoisotopic (exact) mass is 464 g/mol. The number of nitrogens with zero attached hydrogens (tertiary/aromatic N) is 3. The van der Waals surface area contributed by atoms with Crippen LogP contribution < -0.4 is 15.8 Å². The van der Waals surface area contributed by atoms with E-state index >= 15 is 0 Å². The molecule has 0 bridgehead atoms. The number of halogens is 3. The Morgan fingerprint density at radius 3 is 2.52 bits per heavy atom. The summed E-state index contributed by atoms with van der Waals surface area (Å²) in [4.78, 5) is 40.0. The van der Waals surface area contributed by atoms with Crippen molar-refractivity contribution in [3.8, 4) is 5.75 Å². The van der Waals surface area contributed by atoms with Gasteiger partial charge >= 0.3 is 0 Å². The fraction of sp³-hybridized carbons (Fsp3) is 0.409. The van der Waals surface area contributed by atoms with Crippen LogP contribution in [0.4, 0.5) is 13.2 Å². The van der Waals surface area contributed by atoms with E-state index in [1.807, 2.05) is 5.01 Å². The molecule has 2 atom stereocenters. The van der Waals surface area contributed by atoms with E-state index in [4.69, 9.17) is 0 Å². The molecule has 0 unspecified atom stereocenters. The molecule has 1 aromatic heterocycles. The average molecular weight is 464 g/mol. The Balaban J connectivity index is 1.70. The summed E-state index contributed by atoms with van der Waals surface area (Å²) in [6, 6.07) is 0.958. The number of benzene rings is 1. The van der Waals surface area contributed by atoms with Crippen molar-refractivity contribution >= 4 is 11.8 Å². The van der Waals surface area contributed by atoms with Crippen molar-refractivity contribution in [3.63, 3.8) is 0 Å². The largest absolute Gasteiger partial charge is 0.502 e. The van der Waals surface area contributed by atoms with Gasteiger partial charge in [-0.2, -0.15) is 0 Å². The molecule has 0 aliphatic carbocycles. The number of amides is 2. The molecular formula is C22H23F3N4O4. The molecule has 2 aromatic rings. The zero-order valence-corrected chi connectivity index (χ0v) is 18.1. The molecule has 33 heavy (non-hydrogen) atoms. The third-order valence-corrected chi connectivity index (χ3v) is 6.19. The van der Waals surface area contributed by atoms with Crippen LogP contribution in [0.1, 0.15) is 53.1 Å². The summed E-state index contributed by atoms with van der Waals surface area (Å²) in [5, 5.41) is 14.6. The molecule has 8 nitrogen and oxygen atoms in total. The number of carbonyl (C=O) groups excluding carboxylic acids is 2. The number of rotatable bonds is 4. The molecule has 2 aliphatic rings. The minimum atomic E-state index is -1.19. The van der Waals surface area contributed by atoms with Gasteiger partial charge in [-0.1, -0.05) is 6.92 Å². The van der Waals surface area contributed by atoms with Gasteiger partial charge in [0.05, 0.1) is 0 Å². The highest BCUT2D eigenvalue weighted by atomic mass is 19.1. The number of hydrogen-bond acceptors (Lipinski definition) is 5. The van der Waals surface area contributed by atoms with E-state index in [0.717, 1.165) is 12.6 Å². The first-order chi connectivity index (χ1) is 15.6. The van der Waals surface area contributed by atoms with Crippen LogP contribution >= 0.6 is 0 Å². The van der Waals surface area contributed by atoms with E-state index in [2.05, 4.69) is 12.2 Å². The highest BCUT2D eigenvalue weighted by molar-refractivity contribution is 5.99. The summed E-state index contributed by atoms with van der Waals surface area (Å²) in [7, 11) is 0. The number of nitrogens with one attached hydrogen (secondary N) is 1. The van der Waals surface area contributed by atoms with Crippen LogP contribution in [0.5, 0.6) is 5.75 Å². The van der Waals surface area contributed by atoms with Crippen LogP contribution in [-0.2, 0) is 6.54 Å². The van der Waals surface area contributed by atoms with Crippen molar-refractivity contribution in [3.05, 3.63) is 62.8 Å². The van der Waals surface area contributed by atoms with Gasteiger partial charge in [0.2, 0.25) is 5.43 Å². The van der Waals surface area contributed by atoms with Crippen molar-refractivity contribution in [2.75, 3.05) is 18.1 Å². The number of carbonyl (C=O) groups is 2. The zero-order valence-electron chi connectivity index (χ0n) is 18.1. The molecule has 1 aromatic carbocycles. The maximum absolute atomic E-state index is 13.9. The van der Waals surface area contributed by atoms with Crippen LogP contribution in [0.2, 0.25) is 0 Å². The Labute approximate surface area is 187 Å². The predicted octanol–water partition coefficient (Wildman–Crippen LogP) is 2.07. The molecular weight excluding hydrogens is 441 g/mol. The molecule has 0 spiro atoms. The highest BCUT2D eigenvalue weighted by Gasteiger charge is 2.42. The van der Waals surface area contributed by atoms with Crippen molar-refractivity contribution < 1.29 is 27.9 Å². The number of hydrogen-bond donors (Lipinski definition) is 2. The van der Waals surface area contributed by atoms with Gasteiger partial charge in [0.15, 0.2) is 11.4 Å². The quantitative estimate of drug-likeness (QED) is 0.723. The molecule has 11 heteroatoms. The third-order valence-electron chi connectivity index (χ3n) is 6.19. The summed E-state index contributed by atoms with van der Waals surface area (Å²) < 4.78 is 42.2. The third kappa shape index (κ3) is 3.81. The van der Waals surface area contributed by atoms with Crippen molar-refractivity contribution in [2.45, 2.75) is 39.4 Å². The van der Waals surface area contributed by atoms with Gasteiger partial charge in [0, 0.05) is 43.5 Å². The number of pyridine rings is 1. The minimum absolute atomic E-state index is 0.236. The molecule has 0 saturated carbocycles. The first-order valence-corrected chi connectivity index (χ1v) is 10.6. The Kier molecular flexibility index (Phi) is 5.81. The first-order valence-electron chi connectivity index (χ1n) is 10.6. The second-order valence-electron chi connectivity index (χ2n) is 8.31. The lowest BCUT2D eigenvalue weighted by Crippen LogP contribution is -2.64. The number of fused-ring (bicyclic) bond motifs is 3. The summed E-state index contributed by atoms with van der Waals surface area (Å²) in [5.74, 6) is -5.52. The van der Waals surface area contributed by atoms with E-state index < -0.39 is 58.1 Å². The molecule has 1 fully saturated rings. The van der Waals surface area contributed by atoms with E-state index in [1.165, 1.54) is 4.68 Å². The van der Waals surface area contributed by atoms with Crippen LogP contribution in [0, 0.1) is 23.4 Å². The first kappa shape index (κ1) is 22.7. The fourth-order valence-electron chi connectivity index (χ4n) is 4.42. The van der Waals surface area contributed by atoms with Crippen LogP contribution in [-0.4, -0.2) is 45.8 Å². The average Bonchev–Trinajstić information content (AvgIpc) is 2.75. The van der Waals surface area contributed by atoms with Crippen molar-refractivity contribution in [1.29, 1.82) is 0 Å². The molecule has 2 amide bonds. The Morgan fingerprint density at radius 1 is 1.21 bits per heavy atom. The zero-order chi connectivity index (χ0) is 24.0. The Bertz CT molecular complexity index is 1180. The molecule has 3 heterocycles. The summed E-state index contributed by atoms with van der Waals surface area (Å²) in [6.07, 6.45) is 2.34. The van der Waals surface area contributed by atoms with Gasteiger partial charge in [0.1, 0.15) is 29.2 Å². The second-order valence-corrected chi connectivity index (χ2v) is 8.31. The fourth-order valence-corrected chi connectivity index (χ4v) is 4.42.